The Kier molecular flexibility index (Phi) is 28.3. The zero-order chi connectivity index (χ0) is 30.4. The van der Waals surface area contributed by atoms with Gasteiger partial charge in [0, 0.05) is 24.4 Å². The highest BCUT2D eigenvalue weighted by atomic mass is 15.1. The summed E-state index contributed by atoms with van der Waals surface area (Å²) in [6.07, 6.45) is 48.3. The molecule has 42 heavy (non-hydrogen) atoms. The van der Waals surface area contributed by atoms with Gasteiger partial charge in [0.05, 0.1) is 0 Å². The van der Waals surface area contributed by atoms with E-state index in [1.54, 1.807) is 0 Å². The molecule has 0 N–H and O–H groups in total. The van der Waals surface area contributed by atoms with E-state index in [1.807, 2.05) is 0 Å². The fourth-order valence-corrected chi connectivity index (χ4v) is 6.89. The molecule has 1 rings (SSSR count). The van der Waals surface area contributed by atoms with Crippen LogP contribution in [0.3, 0.4) is 0 Å². The lowest BCUT2D eigenvalue weighted by molar-refractivity contribution is 0.413. The van der Waals surface area contributed by atoms with Crippen molar-refractivity contribution >= 4 is 0 Å². The van der Waals surface area contributed by atoms with E-state index >= 15 is 0 Å². The van der Waals surface area contributed by atoms with Crippen LogP contribution in [0.5, 0.6) is 0 Å². The summed E-state index contributed by atoms with van der Waals surface area (Å²) in [5.41, 5.74) is 0. The minimum Gasteiger partial charge on any atom is -0.332 e. The molecule has 0 aliphatic heterocycles. The molecule has 0 saturated heterocycles. The maximum atomic E-state index is 4.99. The Hall–Kier alpha value is -0.790. The minimum absolute atomic E-state index is 0.589. The molecule has 0 aliphatic carbocycles. The van der Waals surface area contributed by atoms with Crippen molar-refractivity contribution in [3.8, 4) is 0 Å². The number of imidazole rings is 1. The SMILES string of the molecule is CCCCCCCCCCCCCCCCC(CCCCCCCCCCCC)c1nccn1C(C)CCCCCC. The molecule has 0 aromatic carbocycles. The predicted octanol–water partition coefficient (Wildman–Crippen LogP) is 14.7. The van der Waals surface area contributed by atoms with Crippen molar-refractivity contribution in [2.75, 3.05) is 0 Å². The number of aromatic nitrogens is 2. The van der Waals surface area contributed by atoms with Gasteiger partial charge >= 0.3 is 0 Å². The second-order valence-electron chi connectivity index (χ2n) is 13.9. The third kappa shape index (κ3) is 21.8. The topological polar surface area (TPSA) is 17.8 Å². The van der Waals surface area contributed by atoms with Crippen LogP contribution in [-0.2, 0) is 0 Å². The third-order valence-electron chi connectivity index (χ3n) is 9.83. The molecule has 1 aromatic rings. The Labute approximate surface area is 266 Å². The van der Waals surface area contributed by atoms with Gasteiger partial charge in [0.1, 0.15) is 5.82 Å². The molecule has 2 nitrogen and oxygen atoms in total. The van der Waals surface area contributed by atoms with E-state index in [4.69, 9.17) is 4.98 Å². The first-order chi connectivity index (χ1) is 20.7. The van der Waals surface area contributed by atoms with Crippen LogP contribution in [0.1, 0.15) is 245 Å². The molecule has 2 heteroatoms. The van der Waals surface area contributed by atoms with Gasteiger partial charge in [-0.3, -0.25) is 0 Å². The molecule has 0 aliphatic rings. The lowest BCUT2D eigenvalue weighted by Crippen LogP contribution is -2.13. The van der Waals surface area contributed by atoms with Crippen LogP contribution in [-0.4, -0.2) is 9.55 Å². The van der Waals surface area contributed by atoms with Gasteiger partial charge in [-0.25, -0.2) is 4.98 Å². The molecule has 1 aromatic heterocycles. The number of rotatable bonds is 33. The molecule has 2 unspecified atom stereocenters. The van der Waals surface area contributed by atoms with Crippen molar-refractivity contribution in [2.24, 2.45) is 0 Å². The highest BCUT2D eigenvalue weighted by molar-refractivity contribution is 5.02. The normalized spacial score (nSPS) is 13.1. The summed E-state index contributed by atoms with van der Waals surface area (Å²) in [7, 11) is 0. The van der Waals surface area contributed by atoms with E-state index in [-0.39, 0.29) is 0 Å². The van der Waals surface area contributed by atoms with Gasteiger partial charge in [0.2, 0.25) is 0 Å². The molecule has 0 saturated carbocycles. The number of unbranched alkanes of at least 4 members (excludes halogenated alkanes) is 25. The Balaban J connectivity index is 2.35. The second kappa shape index (κ2) is 30.2. The van der Waals surface area contributed by atoms with Crippen LogP contribution >= 0.6 is 0 Å². The fourth-order valence-electron chi connectivity index (χ4n) is 6.89. The summed E-state index contributed by atoms with van der Waals surface area (Å²) >= 11 is 0. The molecule has 0 radical (unpaired) electrons. The summed E-state index contributed by atoms with van der Waals surface area (Å²) < 4.78 is 2.57. The molecule has 2 atom stereocenters. The summed E-state index contributed by atoms with van der Waals surface area (Å²) in [5.74, 6) is 2.06. The van der Waals surface area contributed by atoms with Crippen molar-refractivity contribution in [1.29, 1.82) is 0 Å². The molecule has 0 spiro atoms. The van der Waals surface area contributed by atoms with Gasteiger partial charge in [-0.1, -0.05) is 201 Å². The first-order valence-corrected chi connectivity index (χ1v) is 19.8. The van der Waals surface area contributed by atoms with Crippen LogP contribution in [0.4, 0.5) is 0 Å². The van der Waals surface area contributed by atoms with Crippen LogP contribution in [0.15, 0.2) is 12.4 Å². The Morgan fingerprint density at radius 1 is 0.452 bits per heavy atom. The van der Waals surface area contributed by atoms with Crippen LogP contribution < -0.4 is 0 Å². The molecule has 1 heterocycles. The molecular formula is C40H78N2. The summed E-state index contributed by atoms with van der Waals surface area (Å²) in [5, 5.41) is 0. The van der Waals surface area contributed by atoms with Crippen molar-refractivity contribution in [3.05, 3.63) is 18.2 Å². The molecular weight excluding hydrogens is 508 g/mol. The van der Waals surface area contributed by atoms with E-state index in [1.165, 1.54) is 205 Å². The first kappa shape index (κ1) is 39.2. The van der Waals surface area contributed by atoms with Gasteiger partial charge in [0.15, 0.2) is 0 Å². The maximum Gasteiger partial charge on any atom is 0.111 e. The lowest BCUT2D eigenvalue weighted by Gasteiger charge is -2.22. The van der Waals surface area contributed by atoms with E-state index in [2.05, 4.69) is 44.7 Å². The van der Waals surface area contributed by atoms with Gasteiger partial charge in [-0.2, -0.15) is 0 Å². The largest absolute Gasteiger partial charge is 0.332 e. The van der Waals surface area contributed by atoms with Gasteiger partial charge < -0.3 is 4.57 Å². The third-order valence-corrected chi connectivity index (χ3v) is 9.83. The van der Waals surface area contributed by atoms with Crippen molar-refractivity contribution in [3.63, 3.8) is 0 Å². The number of hydrogen-bond acceptors (Lipinski definition) is 1. The van der Waals surface area contributed by atoms with Gasteiger partial charge in [-0.05, 0) is 26.2 Å². The zero-order valence-corrected chi connectivity index (χ0v) is 29.6. The summed E-state index contributed by atoms with van der Waals surface area (Å²) in [6.45, 7) is 9.37. The highest BCUT2D eigenvalue weighted by Gasteiger charge is 2.19. The predicted molar refractivity (Wildman–Crippen MR) is 190 cm³/mol. The smallest absolute Gasteiger partial charge is 0.111 e. The standard InChI is InChI=1S/C40H78N2/c1-5-8-11-14-16-18-20-21-22-23-25-27-29-32-35-39(34-31-28-26-24-19-17-15-12-9-6-2)40-41-36-37-42(40)38(4)33-30-13-10-7-3/h36-39H,5-35H2,1-4H3. The first-order valence-electron chi connectivity index (χ1n) is 19.8. The molecule has 0 amide bonds. The van der Waals surface area contributed by atoms with Gasteiger partial charge in [-0.15, -0.1) is 0 Å². The minimum atomic E-state index is 0.589. The number of nitrogens with zero attached hydrogens (tertiary/aromatic N) is 2. The van der Waals surface area contributed by atoms with E-state index in [0.717, 1.165) is 0 Å². The lowest BCUT2D eigenvalue weighted by atomic mass is 9.92. The van der Waals surface area contributed by atoms with Crippen molar-refractivity contribution in [2.45, 2.75) is 239 Å². The van der Waals surface area contributed by atoms with Crippen molar-refractivity contribution in [1.82, 2.24) is 9.55 Å². The van der Waals surface area contributed by atoms with Crippen LogP contribution in [0.25, 0.3) is 0 Å². The summed E-state index contributed by atoms with van der Waals surface area (Å²) in [4.78, 5) is 4.99. The Bertz CT molecular complexity index is 650. The molecule has 0 bridgehead atoms. The average Bonchev–Trinajstić information content (AvgIpc) is 3.49. The summed E-state index contributed by atoms with van der Waals surface area (Å²) in [6, 6.07) is 0.589. The number of hydrogen-bond donors (Lipinski definition) is 0. The zero-order valence-electron chi connectivity index (χ0n) is 29.6. The maximum absolute atomic E-state index is 4.99. The molecule has 0 fully saturated rings. The second-order valence-corrected chi connectivity index (χ2v) is 13.9. The Morgan fingerprint density at radius 3 is 1.14 bits per heavy atom. The average molecular weight is 587 g/mol. The van der Waals surface area contributed by atoms with Crippen LogP contribution in [0.2, 0.25) is 0 Å². The monoisotopic (exact) mass is 587 g/mol. The molecule has 248 valence electrons. The quantitative estimate of drug-likeness (QED) is 0.0749. The Morgan fingerprint density at radius 2 is 0.762 bits per heavy atom. The van der Waals surface area contributed by atoms with E-state index in [9.17, 15) is 0 Å². The van der Waals surface area contributed by atoms with Gasteiger partial charge in [0.25, 0.3) is 0 Å². The van der Waals surface area contributed by atoms with Crippen molar-refractivity contribution < 1.29 is 0 Å². The fraction of sp³-hybridized carbons (Fsp3) is 0.925. The highest BCUT2D eigenvalue weighted by Crippen LogP contribution is 2.31. The van der Waals surface area contributed by atoms with E-state index < -0.39 is 0 Å². The van der Waals surface area contributed by atoms with E-state index in [0.29, 0.717) is 12.0 Å². The van der Waals surface area contributed by atoms with Crippen LogP contribution in [0, 0.1) is 0 Å².